The second-order valence-corrected chi connectivity index (χ2v) is 6.94. The second-order valence-electron chi connectivity index (χ2n) is 6.94. The number of carboxylic acid groups (broad SMARTS) is 1. The van der Waals surface area contributed by atoms with Crippen LogP contribution in [0.25, 0.3) is 11.7 Å². The maximum Gasteiger partial charge on any atom is 0.332 e. The third-order valence-electron chi connectivity index (χ3n) is 4.78. The van der Waals surface area contributed by atoms with E-state index in [9.17, 15) is 9.90 Å². The van der Waals surface area contributed by atoms with Crippen molar-refractivity contribution in [3.63, 3.8) is 0 Å². The van der Waals surface area contributed by atoms with E-state index in [1.807, 2.05) is 19.1 Å². The van der Waals surface area contributed by atoms with Crippen molar-refractivity contribution >= 4 is 5.97 Å². The number of aromatic nitrogens is 1. The molecule has 0 bridgehead atoms. The number of nitrogens with zero attached hydrogens (tertiary/aromatic N) is 1. The fourth-order valence-electron chi connectivity index (χ4n) is 3.13. The minimum absolute atomic E-state index is 0.153. The molecule has 3 rings (SSSR count). The van der Waals surface area contributed by atoms with Crippen LogP contribution >= 0.6 is 0 Å². The maximum absolute atomic E-state index is 10.8. The van der Waals surface area contributed by atoms with Crippen LogP contribution in [0.4, 0.5) is 0 Å². The number of methoxy groups -OCH3 is 1. The van der Waals surface area contributed by atoms with Gasteiger partial charge in [0.2, 0.25) is 0 Å². The molecule has 0 spiro atoms. The standard InChI is InChI=1S/C22H25NO7/c1-13-9-10-15(6-4-7-17(24)22(25)26)20(19(13)27-3)29-12-16-14(2)30-21(23-16)18-8-5-11-28-18/h5,8-11,17,24H,4,6-7,12H2,1-3H3,(H,25,26)/t17-/m1/s1. The van der Waals surface area contributed by atoms with Gasteiger partial charge in [0.1, 0.15) is 18.1 Å². The van der Waals surface area contributed by atoms with Crippen molar-refractivity contribution in [2.75, 3.05) is 7.11 Å². The van der Waals surface area contributed by atoms with Crippen LogP contribution in [-0.2, 0) is 17.8 Å². The molecule has 8 heteroatoms. The Morgan fingerprint density at radius 1 is 1.23 bits per heavy atom. The summed E-state index contributed by atoms with van der Waals surface area (Å²) in [5.74, 6) is 1.51. The number of benzene rings is 1. The molecule has 0 aliphatic carbocycles. The Kier molecular flexibility index (Phi) is 6.79. The van der Waals surface area contributed by atoms with Crippen molar-refractivity contribution < 1.29 is 33.3 Å². The zero-order valence-electron chi connectivity index (χ0n) is 17.2. The van der Waals surface area contributed by atoms with Gasteiger partial charge in [0.15, 0.2) is 23.4 Å². The second kappa shape index (κ2) is 9.49. The van der Waals surface area contributed by atoms with Gasteiger partial charge in [-0.15, -0.1) is 0 Å². The average Bonchev–Trinajstić information content (AvgIpc) is 3.37. The van der Waals surface area contributed by atoms with E-state index in [0.29, 0.717) is 47.4 Å². The van der Waals surface area contributed by atoms with E-state index in [1.165, 1.54) is 0 Å². The minimum Gasteiger partial charge on any atom is -0.493 e. The number of furan rings is 1. The lowest BCUT2D eigenvalue weighted by Gasteiger charge is -2.17. The van der Waals surface area contributed by atoms with Gasteiger partial charge in [-0.25, -0.2) is 9.78 Å². The predicted molar refractivity (Wildman–Crippen MR) is 108 cm³/mol. The molecule has 160 valence electrons. The van der Waals surface area contributed by atoms with E-state index < -0.39 is 12.1 Å². The van der Waals surface area contributed by atoms with E-state index in [-0.39, 0.29) is 13.0 Å². The topological polar surface area (TPSA) is 115 Å². The van der Waals surface area contributed by atoms with Crippen LogP contribution in [0.3, 0.4) is 0 Å². The molecule has 0 saturated carbocycles. The van der Waals surface area contributed by atoms with Gasteiger partial charge in [-0.05, 0) is 56.4 Å². The third-order valence-corrected chi connectivity index (χ3v) is 4.78. The molecule has 0 amide bonds. The molecule has 3 aromatic rings. The maximum atomic E-state index is 10.8. The van der Waals surface area contributed by atoms with Gasteiger partial charge in [0, 0.05) is 0 Å². The number of carbonyl (C=O) groups is 1. The number of hydrogen-bond donors (Lipinski definition) is 2. The molecular formula is C22H25NO7. The highest BCUT2D eigenvalue weighted by atomic mass is 16.5. The lowest BCUT2D eigenvalue weighted by Crippen LogP contribution is -2.19. The third kappa shape index (κ3) is 4.83. The van der Waals surface area contributed by atoms with Gasteiger partial charge in [-0.2, -0.15) is 0 Å². The quantitative estimate of drug-likeness (QED) is 0.512. The molecule has 2 heterocycles. The molecule has 0 unspecified atom stereocenters. The Balaban J connectivity index is 1.77. The van der Waals surface area contributed by atoms with Crippen LogP contribution in [0.15, 0.2) is 39.4 Å². The summed E-state index contributed by atoms with van der Waals surface area (Å²) in [5, 5.41) is 18.3. The molecular weight excluding hydrogens is 390 g/mol. The number of ether oxygens (including phenoxy) is 2. The number of aryl methyl sites for hydroxylation is 3. The van der Waals surface area contributed by atoms with Gasteiger partial charge in [-0.1, -0.05) is 12.1 Å². The monoisotopic (exact) mass is 415 g/mol. The Labute approximate surface area is 174 Å². The van der Waals surface area contributed by atoms with Crippen molar-refractivity contribution in [2.24, 2.45) is 0 Å². The van der Waals surface area contributed by atoms with Crippen molar-refractivity contribution in [1.29, 1.82) is 0 Å². The molecule has 0 fully saturated rings. The molecule has 1 atom stereocenters. The summed E-state index contributed by atoms with van der Waals surface area (Å²) in [5.41, 5.74) is 2.41. The van der Waals surface area contributed by atoms with Crippen molar-refractivity contribution in [3.05, 3.63) is 53.1 Å². The largest absolute Gasteiger partial charge is 0.493 e. The average molecular weight is 415 g/mol. The summed E-state index contributed by atoms with van der Waals surface area (Å²) in [4.78, 5) is 15.3. The van der Waals surface area contributed by atoms with Crippen LogP contribution in [0.2, 0.25) is 0 Å². The number of hydrogen-bond acceptors (Lipinski definition) is 7. The first-order valence-electron chi connectivity index (χ1n) is 9.61. The summed E-state index contributed by atoms with van der Waals surface area (Å²) < 4.78 is 22.6. The number of aliphatic carboxylic acids is 1. The fraction of sp³-hybridized carbons (Fsp3) is 0.364. The molecule has 0 aliphatic rings. The SMILES string of the molecule is COc1c(C)ccc(CCC[C@@H](O)C(=O)O)c1OCc1nc(-c2ccco2)oc1C. The Hall–Kier alpha value is -3.26. The highest BCUT2D eigenvalue weighted by molar-refractivity contribution is 5.71. The smallest absolute Gasteiger partial charge is 0.332 e. The van der Waals surface area contributed by atoms with Crippen molar-refractivity contribution in [2.45, 2.75) is 45.8 Å². The summed E-state index contributed by atoms with van der Waals surface area (Å²) in [6.45, 7) is 3.89. The minimum atomic E-state index is -1.38. The summed E-state index contributed by atoms with van der Waals surface area (Å²) in [6, 6.07) is 7.37. The van der Waals surface area contributed by atoms with E-state index >= 15 is 0 Å². The van der Waals surface area contributed by atoms with E-state index in [2.05, 4.69) is 4.98 Å². The van der Waals surface area contributed by atoms with Gasteiger partial charge in [-0.3, -0.25) is 0 Å². The van der Waals surface area contributed by atoms with Crippen LogP contribution in [0, 0.1) is 13.8 Å². The lowest BCUT2D eigenvalue weighted by atomic mass is 10.0. The lowest BCUT2D eigenvalue weighted by molar-refractivity contribution is -0.146. The molecule has 0 saturated heterocycles. The Morgan fingerprint density at radius 2 is 2.03 bits per heavy atom. The number of rotatable bonds is 10. The van der Waals surface area contributed by atoms with Crippen LogP contribution in [0.1, 0.15) is 35.4 Å². The van der Waals surface area contributed by atoms with Crippen LogP contribution in [-0.4, -0.2) is 34.4 Å². The normalized spacial score (nSPS) is 12.0. The zero-order chi connectivity index (χ0) is 21.7. The first kappa shape index (κ1) is 21.4. The van der Waals surface area contributed by atoms with Gasteiger partial charge in [0.05, 0.1) is 13.4 Å². The highest BCUT2D eigenvalue weighted by Gasteiger charge is 2.19. The summed E-state index contributed by atoms with van der Waals surface area (Å²) in [7, 11) is 1.57. The van der Waals surface area contributed by atoms with E-state index in [4.69, 9.17) is 23.4 Å². The first-order chi connectivity index (χ1) is 14.4. The molecule has 2 N–H and O–H groups in total. The van der Waals surface area contributed by atoms with E-state index in [1.54, 1.807) is 32.4 Å². The number of carboxylic acids is 1. The molecule has 2 aromatic heterocycles. The van der Waals surface area contributed by atoms with Crippen molar-refractivity contribution in [3.8, 4) is 23.1 Å². The summed E-state index contributed by atoms with van der Waals surface area (Å²) in [6.07, 6.45) is 1.35. The number of oxazole rings is 1. The van der Waals surface area contributed by atoms with Gasteiger partial charge < -0.3 is 28.5 Å². The van der Waals surface area contributed by atoms with Crippen LogP contribution in [0.5, 0.6) is 11.5 Å². The van der Waals surface area contributed by atoms with Gasteiger partial charge in [0.25, 0.3) is 5.89 Å². The molecule has 8 nitrogen and oxygen atoms in total. The highest BCUT2D eigenvalue weighted by Crippen LogP contribution is 2.36. The molecule has 0 aliphatic heterocycles. The Morgan fingerprint density at radius 3 is 2.70 bits per heavy atom. The number of aliphatic hydroxyl groups is 1. The van der Waals surface area contributed by atoms with Crippen molar-refractivity contribution in [1.82, 2.24) is 4.98 Å². The predicted octanol–water partition coefficient (Wildman–Crippen LogP) is 3.91. The molecule has 1 aromatic carbocycles. The molecule has 0 radical (unpaired) electrons. The van der Waals surface area contributed by atoms with E-state index in [0.717, 1.165) is 11.1 Å². The van der Waals surface area contributed by atoms with Crippen LogP contribution < -0.4 is 9.47 Å². The van der Waals surface area contributed by atoms with Gasteiger partial charge >= 0.3 is 5.97 Å². The number of aliphatic hydroxyl groups excluding tert-OH is 1. The molecule has 30 heavy (non-hydrogen) atoms. The Bertz CT molecular complexity index is 991. The summed E-state index contributed by atoms with van der Waals surface area (Å²) >= 11 is 0. The first-order valence-corrected chi connectivity index (χ1v) is 9.61. The fourth-order valence-corrected chi connectivity index (χ4v) is 3.13. The zero-order valence-corrected chi connectivity index (χ0v) is 17.2.